The number of hydrogen-bond acceptors (Lipinski definition) is 4. The number of carbonyl (C=O) groups is 1. The molecule has 0 spiro atoms. The molecule has 2 aromatic carbocycles. The van der Waals surface area contributed by atoms with Crippen LogP contribution in [0.5, 0.6) is 0 Å². The minimum atomic E-state index is -0.0572. The van der Waals surface area contributed by atoms with Crippen molar-refractivity contribution in [1.29, 1.82) is 0 Å². The third-order valence-electron chi connectivity index (χ3n) is 6.03. The molecular formula is C26H31N5O. The first kappa shape index (κ1) is 21.8. The van der Waals surface area contributed by atoms with Crippen LogP contribution in [0.25, 0.3) is 11.3 Å². The van der Waals surface area contributed by atoms with Crippen molar-refractivity contribution in [3.05, 3.63) is 71.3 Å². The number of carbonyl (C=O) groups excluding carboxylic acids is 1. The summed E-state index contributed by atoms with van der Waals surface area (Å²) in [7, 11) is 0. The van der Waals surface area contributed by atoms with Gasteiger partial charge in [0.2, 0.25) is 0 Å². The van der Waals surface area contributed by atoms with Crippen molar-refractivity contribution < 1.29 is 4.79 Å². The Labute approximate surface area is 190 Å². The average Bonchev–Trinajstić information content (AvgIpc) is 2.80. The number of urea groups is 1. The molecule has 2 amide bonds. The van der Waals surface area contributed by atoms with E-state index in [0.29, 0.717) is 19.0 Å². The van der Waals surface area contributed by atoms with Crippen molar-refractivity contribution in [1.82, 2.24) is 15.1 Å². The maximum atomic E-state index is 12.7. The Morgan fingerprint density at radius 1 is 0.906 bits per heavy atom. The molecule has 1 aliphatic rings. The molecule has 1 N–H and O–H groups in total. The molecule has 0 radical (unpaired) electrons. The number of piperazine rings is 1. The normalized spacial score (nSPS) is 14.0. The molecule has 6 nitrogen and oxygen atoms in total. The van der Waals surface area contributed by atoms with Gasteiger partial charge in [0.05, 0.1) is 5.69 Å². The maximum absolute atomic E-state index is 12.7. The van der Waals surface area contributed by atoms with Gasteiger partial charge in [-0.05, 0) is 55.2 Å². The molecule has 166 valence electrons. The Hall–Kier alpha value is -3.41. The molecule has 32 heavy (non-hydrogen) atoms. The first-order valence-corrected chi connectivity index (χ1v) is 11.2. The zero-order valence-electron chi connectivity index (χ0n) is 19.3. The van der Waals surface area contributed by atoms with Crippen LogP contribution >= 0.6 is 0 Å². The molecule has 1 aliphatic heterocycles. The smallest absolute Gasteiger partial charge is 0.321 e. The fraction of sp³-hybridized carbons (Fsp3) is 0.346. The molecule has 0 saturated carbocycles. The summed E-state index contributed by atoms with van der Waals surface area (Å²) < 4.78 is 0. The lowest BCUT2D eigenvalue weighted by molar-refractivity contribution is 0.208. The summed E-state index contributed by atoms with van der Waals surface area (Å²) in [5.74, 6) is 1.33. The zero-order valence-corrected chi connectivity index (χ0v) is 19.3. The molecule has 1 aromatic heterocycles. The van der Waals surface area contributed by atoms with Gasteiger partial charge in [-0.1, -0.05) is 49.7 Å². The number of anilines is 2. The molecule has 3 aromatic rings. The molecular weight excluding hydrogens is 398 g/mol. The van der Waals surface area contributed by atoms with Crippen LogP contribution in [0.4, 0.5) is 16.3 Å². The maximum Gasteiger partial charge on any atom is 0.321 e. The predicted molar refractivity (Wildman–Crippen MR) is 130 cm³/mol. The van der Waals surface area contributed by atoms with Crippen LogP contribution in [0.1, 0.15) is 36.5 Å². The third kappa shape index (κ3) is 4.90. The molecule has 0 aliphatic carbocycles. The van der Waals surface area contributed by atoms with Gasteiger partial charge >= 0.3 is 6.03 Å². The number of rotatable bonds is 4. The number of aromatic nitrogens is 2. The highest BCUT2D eigenvalue weighted by Gasteiger charge is 2.22. The van der Waals surface area contributed by atoms with E-state index in [1.54, 1.807) is 0 Å². The van der Waals surface area contributed by atoms with Crippen LogP contribution in [0, 0.1) is 13.8 Å². The quantitative estimate of drug-likeness (QED) is 0.616. The van der Waals surface area contributed by atoms with Gasteiger partial charge in [-0.3, -0.25) is 0 Å². The topological polar surface area (TPSA) is 61.4 Å². The summed E-state index contributed by atoms with van der Waals surface area (Å²) in [6, 6.07) is 18.4. The molecule has 0 bridgehead atoms. The Morgan fingerprint density at radius 2 is 1.62 bits per heavy atom. The lowest BCUT2D eigenvalue weighted by Gasteiger charge is -2.35. The van der Waals surface area contributed by atoms with Gasteiger partial charge in [-0.25, -0.2) is 4.79 Å². The molecule has 4 rings (SSSR count). The number of nitrogens with zero attached hydrogens (tertiary/aromatic N) is 4. The standard InChI is InChI=1S/C26H31N5O/c1-18(2)21-6-8-22(9-7-21)27-26(32)31-15-13-30(14-16-31)25-12-11-24(28-29-25)23-10-5-19(3)17-20(23)4/h5-12,17-18H,13-16H2,1-4H3,(H,27,32). The van der Waals surface area contributed by atoms with Gasteiger partial charge < -0.3 is 15.1 Å². The number of benzene rings is 2. The van der Waals surface area contributed by atoms with Crippen molar-refractivity contribution >= 4 is 17.5 Å². The van der Waals surface area contributed by atoms with Crippen molar-refractivity contribution in [2.45, 2.75) is 33.6 Å². The van der Waals surface area contributed by atoms with E-state index in [-0.39, 0.29) is 6.03 Å². The Bertz CT molecular complexity index is 1070. The summed E-state index contributed by atoms with van der Waals surface area (Å²) in [5, 5.41) is 11.9. The van der Waals surface area contributed by atoms with Gasteiger partial charge in [0, 0.05) is 37.4 Å². The molecule has 6 heteroatoms. The first-order valence-electron chi connectivity index (χ1n) is 11.2. The van der Waals surface area contributed by atoms with Crippen molar-refractivity contribution in [2.75, 3.05) is 36.4 Å². The van der Waals surface area contributed by atoms with Gasteiger partial charge in [0.1, 0.15) is 0 Å². The molecule has 0 unspecified atom stereocenters. The van der Waals surface area contributed by atoms with Crippen LogP contribution in [0.3, 0.4) is 0 Å². The van der Waals surface area contributed by atoms with E-state index in [9.17, 15) is 4.79 Å². The van der Waals surface area contributed by atoms with E-state index in [0.717, 1.165) is 35.9 Å². The largest absolute Gasteiger partial charge is 0.352 e. The summed E-state index contributed by atoms with van der Waals surface area (Å²) in [6.45, 7) is 11.3. The van der Waals surface area contributed by atoms with Gasteiger partial charge in [0.15, 0.2) is 5.82 Å². The van der Waals surface area contributed by atoms with Gasteiger partial charge in [0.25, 0.3) is 0 Å². The Morgan fingerprint density at radius 3 is 2.22 bits per heavy atom. The van der Waals surface area contributed by atoms with E-state index in [1.807, 2.05) is 29.2 Å². The van der Waals surface area contributed by atoms with Crippen LogP contribution in [-0.4, -0.2) is 47.3 Å². The van der Waals surface area contributed by atoms with E-state index in [4.69, 9.17) is 0 Å². The molecule has 1 fully saturated rings. The van der Waals surface area contributed by atoms with Crippen LogP contribution in [-0.2, 0) is 0 Å². The minimum absolute atomic E-state index is 0.0572. The van der Waals surface area contributed by atoms with Crippen molar-refractivity contribution in [2.24, 2.45) is 0 Å². The van der Waals surface area contributed by atoms with Crippen LogP contribution in [0.2, 0.25) is 0 Å². The van der Waals surface area contributed by atoms with Crippen molar-refractivity contribution in [3.8, 4) is 11.3 Å². The summed E-state index contributed by atoms with van der Waals surface area (Å²) >= 11 is 0. The second kappa shape index (κ2) is 9.39. The van der Waals surface area contributed by atoms with Crippen LogP contribution < -0.4 is 10.2 Å². The fourth-order valence-electron chi connectivity index (χ4n) is 4.03. The second-order valence-electron chi connectivity index (χ2n) is 8.78. The highest BCUT2D eigenvalue weighted by atomic mass is 16.2. The van der Waals surface area contributed by atoms with E-state index < -0.39 is 0 Å². The molecule has 1 saturated heterocycles. The molecule has 0 atom stereocenters. The highest BCUT2D eigenvalue weighted by molar-refractivity contribution is 5.89. The number of nitrogens with one attached hydrogen (secondary N) is 1. The second-order valence-corrected chi connectivity index (χ2v) is 8.78. The van der Waals surface area contributed by atoms with E-state index in [1.165, 1.54) is 16.7 Å². The monoisotopic (exact) mass is 429 g/mol. The predicted octanol–water partition coefficient (Wildman–Crippen LogP) is 5.24. The zero-order chi connectivity index (χ0) is 22.7. The third-order valence-corrected chi connectivity index (χ3v) is 6.03. The summed E-state index contributed by atoms with van der Waals surface area (Å²) in [5.41, 5.74) is 6.53. The first-order chi connectivity index (χ1) is 15.4. The van der Waals surface area contributed by atoms with Gasteiger partial charge in [-0.15, -0.1) is 10.2 Å². The SMILES string of the molecule is Cc1ccc(-c2ccc(N3CCN(C(=O)Nc4ccc(C(C)C)cc4)CC3)nn2)c(C)c1. The Balaban J connectivity index is 1.33. The summed E-state index contributed by atoms with van der Waals surface area (Å²) in [6.07, 6.45) is 0. The number of amides is 2. The van der Waals surface area contributed by atoms with Gasteiger partial charge in [-0.2, -0.15) is 0 Å². The highest BCUT2D eigenvalue weighted by Crippen LogP contribution is 2.24. The number of aryl methyl sites for hydroxylation is 2. The lowest BCUT2D eigenvalue weighted by Crippen LogP contribution is -2.50. The lowest BCUT2D eigenvalue weighted by atomic mass is 10.0. The van der Waals surface area contributed by atoms with Crippen molar-refractivity contribution in [3.63, 3.8) is 0 Å². The van der Waals surface area contributed by atoms with E-state index in [2.05, 4.69) is 78.4 Å². The number of hydrogen-bond donors (Lipinski definition) is 1. The fourth-order valence-corrected chi connectivity index (χ4v) is 4.03. The van der Waals surface area contributed by atoms with E-state index >= 15 is 0 Å². The summed E-state index contributed by atoms with van der Waals surface area (Å²) in [4.78, 5) is 16.7. The average molecular weight is 430 g/mol. The van der Waals surface area contributed by atoms with Crippen LogP contribution in [0.15, 0.2) is 54.6 Å². The minimum Gasteiger partial charge on any atom is -0.352 e. The molecule has 2 heterocycles. The Kier molecular flexibility index (Phi) is 6.40.